The third-order valence-corrected chi connectivity index (χ3v) is 2.99. The van der Waals surface area contributed by atoms with Crippen molar-refractivity contribution in [2.45, 2.75) is 13.3 Å². The number of carbonyl (C=O) groups excluding carboxylic acids is 1. The Morgan fingerprint density at radius 2 is 1.95 bits per heavy atom. The molecule has 0 radical (unpaired) electrons. The molecule has 0 aliphatic carbocycles. The number of amides is 1. The van der Waals surface area contributed by atoms with Crippen LogP contribution in [0.3, 0.4) is 0 Å². The monoisotopic (exact) mass is 265 g/mol. The van der Waals surface area contributed by atoms with E-state index in [-0.39, 0.29) is 5.91 Å². The predicted molar refractivity (Wildman–Crippen MR) is 79.3 cm³/mol. The Bertz CT molecular complexity index is 669. The number of rotatable bonds is 3. The first-order chi connectivity index (χ1) is 9.60. The van der Waals surface area contributed by atoms with Crippen molar-refractivity contribution in [2.75, 3.05) is 11.1 Å². The standard InChI is InChI=1S/C16H15N3O/c1-11-10-13(18)4-7-15(11)16(20)19-14-5-2-12(3-6-14)8-9-17/h2-7,10H,8,18H2,1H3,(H,19,20). The molecule has 0 fully saturated rings. The molecule has 0 heterocycles. The van der Waals surface area contributed by atoms with E-state index < -0.39 is 0 Å². The van der Waals surface area contributed by atoms with Crippen LogP contribution in [-0.2, 0) is 6.42 Å². The van der Waals surface area contributed by atoms with E-state index in [0.29, 0.717) is 23.4 Å². The van der Waals surface area contributed by atoms with Gasteiger partial charge in [0.1, 0.15) is 0 Å². The molecule has 20 heavy (non-hydrogen) atoms. The number of benzene rings is 2. The molecule has 2 aromatic carbocycles. The Kier molecular flexibility index (Phi) is 4.02. The average Bonchev–Trinajstić information content (AvgIpc) is 2.41. The molecular formula is C16H15N3O. The topological polar surface area (TPSA) is 78.9 Å². The second-order valence-corrected chi connectivity index (χ2v) is 4.56. The molecule has 0 unspecified atom stereocenters. The summed E-state index contributed by atoms with van der Waals surface area (Å²) in [5.74, 6) is -0.171. The van der Waals surface area contributed by atoms with Crippen LogP contribution >= 0.6 is 0 Å². The second kappa shape index (κ2) is 5.89. The van der Waals surface area contributed by atoms with Gasteiger partial charge < -0.3 is 11.1 Å². The van der Waals surface area contributed by atoms with Crippen molar-refractivity contribution in [3.8, 4) is 6.07 Å². The zero-order valence-corrected chi connectivity index (χ0v) is 11.2. The van der Waals surface area contributed by atoms with Crippen LogP contribution < -0.4 is 11.1 Å². The van der Waals surface area contributed by atoms with Crippen LogP contribution in [0.4, 0.5) is 11.4 Å². The van der Waals surface area contributed by atoms with Crippen LogP contribution in [0.1, 0.15) is 21.5 Å². The van der Waals surface area contributed by atoms with Crippen LogP contribution in [0.25, 0.3) is 0 Å². The largest absolute Gasteiger partial charge is 0.399 e. The number of hydrogen-bond acceptors (Lipinski definition) is 3. The van der Waals surface area contributed by atoms with Crippen molar-refractivity contribution in [1.82, 2.24) is 0 Å². The lowest BCUT2D eigenvalue weighted by molar-refractivity contribution is 0.102. The van der Waals surface area contributed by atoms with Crippen LogP contribution in [0.2, 0.25) is 0 Å². The lowest BCUT2D eigenvalue weighted by atomic mass is 10.1. The molecule has 0 saturated carbocycles. The number of anilines is 2. The van der Waals surface area contributed by atoms with Crippen molar-refractivity contribution in [2.24, 2.45) is 0 Å². The van der Waals surface area contributed by atoms with Gasteiger partial charge >= 0.3 is 0 Å². The Morgan fingerprint density at radius 3 is 2.55 bits per heavy atom. The predicted octanol–water partition coefficient (Wildman–Crippen LogP) is 2.90. The maximum Gasteiger partial charge on any atom is 0.255 e. The van der Waals surface area contributed by atoms with E-state index >= 15 is 0 Å². The van der Waals surface area contributed by atoms with Gasteiger partial charge in [0.2, 0.25) is 0 Å². The van der Waals surface area contributed by atoms with Crippen molar-refractivity contribution < 1.29 is 4.79 Å². The smallest absolute Gasteiger partial charge is 0.255 e. The maximum atomic E-state index is 12.2. The number of nitrogens with zero attached hydrogens (tertiary/aromatic N) is 1. The number of hydrogen-bond donors (Lipinski definition) is 2. The summed E-state index contributed by atoms with van der Waals surface area (Å²) in [6.07, 6.45) is 0.366. The highest BCUT2D eigenvalue weighted by atomic mass is 16.1. The number of nitriles is 1. The number of nitrogens with one attached hydrogen (secondary N) is 1. The van der Waals surface area contributed by atoms with Gasteiger partial charge in [-0.3, -0.25) is 4.79 Å². The van der Waals surface area contributed by atoms with Gasteiger partial charge in [-0.15, -0.1) is 0 Å². The van der Waals surface area contributed by atoms with Crippen LogP contribution in [0, 0.1) is 18.3 Å². The van der Waals surface area contributed by atoms with E-state index in [4.69, 9.17) is 11.0 Å². The minimum atomic E-state index is -0.171. The third-order valence-electron chi connectivity index (χ3n) is 2.99. The van der Waals surface area contributed by atoms with Gasteiger partial charge in [0.15, 0.2) is 0 Å². The quantitative estimate of drug-likeness (QED) is 0.837. The molecule has 4 nitrogen and oxygen atoms in total. The lowest BCUT2D eigenvalue weighted by Crippen LogP contribution is -2.13. The second-order valence-electron chi connectivity index (χ2n) is 4.56. The lowest BCUT2D eigenvalue weighted by Gasteiger charge is -2.08. The molecule has 0 aliphatic heterocycles. The van der Waals surface area contributed by atoms with E-state index in [1.807, 2.05) is 19.1 Å². The number of nitrogens with two attached hydrogens (primary N) is 1. The van der Waals surface area contributed by atoms with Crippen molar-refractivity contribution in [3.05, 3.63) is 59.2 Å². The molecular weight excluding hydrogens is 250 g/mol. The molecule has 1 amide bonds. The molecule has 0 spiro atoms. The van der Waals surface area contributed by atoms with Crippen molar-refractivity contribution in [3.63, 3.8) is 0 Å². The summed E-state index contributed by atoms with van der Waals surface area (Å²) >= 11 is 0. The molecule has 4 heteroatoms. The number of carbonyl (C=O) groups is 1. The molecule has 0 aromatic heterocycles. The van der Waals surface area contributed by atoms with Gasteiger partial charge in [0.25, 0.3) is 5.91 Å². The Balaban J connectivity index is 2.13. The minimum Gasteiger partial charge on any atom is -0.399 e. The average molecular weight is 265 g/mol. The molecule has 100 valence electrons. The summed E-state index contributed by atoms with van der Waals surface area (Å²) in [7, 11) is 0. The first kappa shape index (κ1) is 13.6. The van der Waals surface area contributed by atoms with E-state index in [2.05, 4.69) is 11.4 Å². The zero-order valence-electron chi connectivity index (χ0n) is 11.2. The molecule has 2 aromatic rings. The fourth-order valence-electron chi connectivity index (χ4n) is 1.94. The summed E-state index contributed by atoms with van der Waals surface area (Å²) in [4.78, 5) is 12.2. The Labute approximate surface area is 117 Å². The minimum absolute atomic E-state index is 0.171. The van der Waals surface area contributed by atoms with Gasteiger partial charge in [-0.1, -0.05) is 12.1 Å². The van der Waals surface area contributed by atoms with Crippen LogP contribution in [-0.4, -0.2) is 5.91 Å². The van der Waals surface area contributed by atoms with Gasteiger partial charge in [0.05, 0.1) is 12.5 Å². The number of aryl methyl sites for hydroxylation is 1. The summed E-state index contributed by atoms with van der Waals surface area (Å²) in [5, 5.41) is 11.4. The summed E-state index contributed by atoms with van der Waals surface area (Å²) < 4.78 is 0. The highest BCUT2D eigenvalue weighted by Crippen LogP contribution is 2.16. The third kappa shape index (κ3) is 3.15. The van der Waals surface area contributed by atoms with Crippen LogP contribution in [0.5, 0.6) is 0 Å². The SMILES string of the molecule is Cc1cc(N)ccc1C(=O)Nc1ccc(CC#N)cc1. The fraction of sp³-hybridized carbons (Fsp3) is 0.125. The molecule has 3 N–H and O–H groups in total. The van der Waals surface area contributed by atoms with E-state index in [9.17, 15) is 4.79 Å². The highest BCUT2D eigenvalue weighted by molar-refractivity contribution is 6.05. The normalized spacial score (nSPS) is 9.80. The van der Waals surface area contributed by atoms with Gasteiger partial charge in [-0.05, 0) is 48.4 Å². The summed E-state index contributed by atoms with van der Waals surface area (Å²) in [6.45, 7) is 1.85. The molecule has 0 saturated heterocycles. The van der Waals surface area contributed by atoms with Crippen LogP contribution in [0.15, 0.2) is 42.5 Å². The first-order valence-electron chi connectivity index (χ1n) is 6.23. The Morgan fingerprint density at radius 1 is 1.25 bits per heavy atom. The molecule has 0 atom stereocenters. The number of nitrogen functional groups attached to an aromatic ring is 1. The summed E-state index contributed by atoms with van der Waals surface area (Å²) in [5.41, 5.74) is 9.37. The highest BCUT2D eigenvalue weighted by Gasteiger charge is 2.09. The van der Waals surface area contributed by atoms with E-state index in [0.717, 1.165) is 11.1 Å². The first-order valence-corrected chi connectivity index (χ1v) is 6.23. The van der Waals surface area contributed by atoms with Gasteiger partial charge in [0, 0.05) is 16.9 Å². The summed E-state index contributed by atoms with van der Waals surface area (Å²) in [6, 6.07) is 14.5. The van der Waals surface area contributed by atoms with Crippen molar-refractivity contribution >= 4 is 17.3 Å². The van der Waals surface area contributed by atoms with Crippen molar-refractivity contribution in [1.29, 1.82) is 5.26 Å². The van der Waals surface area contributed by atoms with Gasteiger partial charge in [-0.25, -0.2) is 0 Å². The zero-order chi connectivity index (χ0) is 14.5. The maximum absolute atomic E-state index is 12.2. The Hall–Kier alpha value is -2.80. The van der Waals surface area contributed by atoms with E-state index in [1.165, 1.54) is 0 Å². The fourth-order valence-corrected chi connectivity index (χ4v) is 1.94. The molecule has 0 bridgehead atoms. The molecule has 2 rings (SSSR count). The van der Waals surface area contributed by atoms with E-state index in [1.54, 1.807) is 30.3 Å². The van der Waals surface area contributed by atoms with Gasteiger partial charge in [-0.2, -0.15) is 5.26 Å². The molecule has 0 aliphatic rings.